The Labute approximate surface area is 167 Å². The van der Waals surface area contributed by atoms with Gasteiger partial charge in [0.15, 0.2) is 0 Å². The minimum Gasteiger partial charge on any atom is -0.423 e. The van der Waals surface area contributed by atoms with Crippen LogP contribution in [0.15, 0.2) is 91.0 Å². The largest absolute Gasteiger partial charge is 0.488 e. The van der Waals surface area contributed by atoms with E-state index in [2.05, 4.69) is 66.7 Å². The Morgan fingerprint density at radius 1 is 0.607 bits per heavy atom. The summed E-state index contributed by atoms with van der Waals surface area (Å²) in [5.74, 6) is 0. The zero-order valence-electron chi connectivity index (χ0n) is 15.0. The lowest BCUT2D eigenvalue weighted by molar-refractivity contribution is 0.426. The van der Waals surface area contributed by atoms with Crippen molar-refractivity contribution in [3.63, 3.8) is 0 Å². The molecule has 0 unspecified atom stereocenters. The molecule has 4 heteroatoms. The molecule has 0 radical (unpaired) electrons. The number of hydrogen-bond acceptors (Lipinski definition) is 3. The summed E-state index contributed by atoms with van der Waals surface area (Å²) in [5.41, 5.74) is 4.94. The zero-order chi connectivity index (χ0) is 19.1. The van der Waals surface area contributed by atoms with Gasteiger partial charge in [-0.3, -0.25) is 0 Å². The van der Waals surface area contributed by atoms with Gasteiger partial charge in [-0.15, -0.1) is 11.3 Å². The smallest absolute Gasteiger partial charge is 0.423 e. The van der Waals surface area contributed by atoms with Crippen molar-refractivity contribution in [3.05, 3.63) is 91.0 Å². The third-order valence-corrected chi connectivity index (χ3v) is 6.34. The van der Waals surface area contributed by atoms with Gasteiger partial charge in [-0.1, -0.05) is 84.9 Å². The van der Waals surface area contributed by atoms with Crippen LogP contribution in [0.2, 0.25) is 0 Å². The molecule has 0 bridgehead atoms. The lowest BCUT2D eigenvalue weighted by atomic mass is 9.79. The van der Waals surface area contributed by atoms with Gasteiger partial charge in [-0.2, -0.15) is 0 Å². The molecule has 2 nitrogen and oxygen atoms in total. The van der Waals surface area contributed by atoms with E-state index in [0.717, 1.165) is 11.1 Å². The van der Waals surface area contributed by atoms with Crippen LogP contribution in [-0.4, -0.2) is 17.2 Å². The highest BCUT2D eigenvalue weighted by atomic mass is 32.1. The minimum atomic E-state index is -1.45. The molecule has 28 heavy (non-hydrogen) atoms. The van der Waals surface area contributed by atoms with Gasteiger partial charge in [0.2, 0.25) is 0 Å². The quantitative estimate of drug-likeness (QED) is 0.429. The van der Waals surface area contributed by atoms with Crippen molar-refractivity contribution < 1.29 is 10.0 Å². The molecule has 5 rings (SSSR count). The third-order valence-electron chi connectivity index (χ3n) is 5.12. The maximum atomic E-state index is 9.41. The van der Waals surface area contributed by atoms with Gasteiger partial charge in [0.05, 0.1) is 0 Å². The predicted molar refractivity (Wildman–Crippen MR) is 120 cm³/mol. The Hall–Kier alpha value is -2.92. The normalized spacial score (nSPS) is 11.2. The van der Waals surface area contributed by atoms with Gasteiger partial charge in [-0.25, -0.2) is 0 Å². The van der Waals surface area contributed by atoms with Crippen LogP contribution in [0, 0.1) is 0 Å². The summed E-state index contributed by atoms with van der Waals surface area (Å²) in [4.78, 5) is 0. The highest BCUT2D eigenvalue weighted by Crippen LogP contribution is 2.39. The number of rotatable bonds is 3. The van der Waals surface area contributed by atoms with Crippen LogP contribution in [-0.2, 0) is 0 Å². The van der Waals surface area contributed by atoms with Crippen LogP contribution in [0.3, 0.4) is 0 Å². The molecular weight excluding hydrogens is 363 g/mol. The summed E-state index contributed by atoms with van der Waals surface area (Å²) in [6.07, 6.45) is 0. The molecule has 0 aliphatic rings. The highest BCUT2D eigenvalue weighted by molar-refractivity contribution is 7.26. The molecule has 0 amide bonds. The van der Waals surface area contributed by atoms with Crippen molar-refractivity contribution in [1.82, 2.24) is 0 Å². The average Bonchev–Trinajstić information content (AvgIpc) is 3.13. The second kappa shape index (κ2) is 6.91. The Morgan fingerprint density at radius 3 is 2.14 bits per heavy atom. The maximum absolute atomic E-state index is 9.41. The fraction of sp³-hybridized carbons (Fsp3) is 0. The second-order valence-electron chi connectivity index (χ2n) is 6.86. The first kappa shape index (κ1) is 17.2. The Kier molecular flexibility index (Phi) is 4.25. The van der Waals surface area contributed by atoms with E-state index in [0.29, 0.717) is 5.46 Å². The van der Waals surface area contributed by atoms with Crippen LogP contribution >= 0.6 is 11.3 Å². The molecular formula is C24H17BO2S. The van der Waals surface area contributed by atoms with E-state index in [1.165, 1.54) is 31.3 Å². The van der Waals surface area contributed by atoms with Crippen molar-refractivity contribution in [1.29, 1.82) is 0 Å². The first-order chi connectivity index (χ1) is 13.7. The van der Waals surface area contributed by atoms with Gasteiger partial charge < -0.3 is 10.0 Å². The van der Waals surface area contributed by atoms with Gasteiger partial charge in [0.1, 0.15) is 0 Å². The Balaban J connectivity index is 1.59. The van der Waals surface area contributed by atoms with Crippen molar-refractivity contribution in [3.8, 4) is 22.3 Å². The lowest BCUT2D eigenvalue weighted by Gasteiger charge is -2.08. The predicted octanol–water partition coefficient (Wildman–Crippen LogP) is 5.07. The van der Waals surface area contributed by atoms with Crippen LogP contribution in [0.5, 0.6) is 0 Å². The molecule has 0 saturated heterocycles. The monoisotopic (exact) mass is 380 g/mol. The molecule has 0 saturated carbocycles. The minimum absolute atomic E-state index is 0.497. The number of benzene rings is 4. The molecule has 1 aromatic heterocycles. The molecule has 0 spiro atoms. The van der Waals surface area contributed by atoms with Crippen LogP contribution in [0.25, 0.3) is 42.4 Å². The number of thiophene rings is 1. The first-order valence-electron chi connectivity index (χ1n) is 9.18. The summed E-state index contributed by atoms with van der Waals surface area (Å²) in [7, 11) is -1.45. The second-order valence-corrected chi connectivity index (χ2v) is 7.91. The van der Waals surface area contributed by atoms with E-state index in [1.54, 1.807) is 6.07 Å². The first-order valence-corrected chi connectivity index (χ1v) is 9.99. The van der Waals surface area contributed by atoms with Crippen LogP contribution in [0.4, 0.5) is 0 Å². The molecule has 4 aromatic carbocycles. The van der Waals surface area contributed by atoms with Crippen molar-refractivity contribution in [2.24, 2.45) is 0 Å². The maximum Gasteiger partial charge on any atom is 0.488 e. The molecule has 5 aromatic rings. The molecule has 134 valence electrons. The van der Waals surface area contributed by atoms with Crippen molar-refractivity contribution in [2.45, 2.75) is 0 Å². The average molecular weight is 380 g/mol. The summed E-state index contributed by atoms with van der Waals surface area (Å²) in [6.45, 7) is 0. The zero-order valence-corrected chi connectivity index (χ0v) is 15.9. The fourth-order valence-corrected chi connectivity index (χ4v) is 4.93. The van der Waals surface area contributed by atoms with Crippen LogP contribution in [0.1, 0.15) is 0 Å². The van der Waals surface area contributed by atoms with Crippen molar-refractivity contribution >= 4 is 44.1 Å². The molecule has 0 aliphatic carbocycles. The highest BCUT2D eigenvalue weighted by Gasteiger charge is 2.12. The molecule has 2 N–H and O–H groups in total. The Bertz CT molecular complexity index is 1290. The van der Waals surface area contributed by atoms with E-state index >= 15 is 0 Å². The van der Waals surface area contributed by atoms with Crippen molar-refractivity contribution in [2.75, 3.05) is 0 Å². The topological polar surface area (TPSA) is 40.5 Å². The molecule has 1 heterocycles. The van der Waals surface area contributed by atoms with E-state index in [4.69, 9.17) is 0 Å². The summed E-state index contributed by atoms with van der Waals surface area (Å²) < 4.78 is 2.61. The molecule has 0 atom stereocenters. The van der Waals surface area contributed by atoms with E-state index in [-0.39, 0.29) is 0 Å². The summed E-state index contributed by atoms with van der Waals surface area (Å²) in [6, 6.07) is 30.8. The van der Waals surface area contributed by atoms with Gasteiger partial charge in [-0.05, 0) is 33.8 Å². The van der Waals surface area contributed by atoms with Gasteiger partial charge >= 0.3 is 7.12 Å². The summed E-state index contributed by atoms with van der Waals surface area (Å²) in [5, 5.41) is 21.4. The Morgan fingerprint density at radius 2 is 1.32 bits per heavy atom. The van der Waals surface area contributed by atoms with E-state index in [1.807, 2.05) is 29.5 Å². The molecule has 0 aliphatic heterocycles. The van der Waals surface area contributed by atoms with Gasteiger partial charge in [0, 0.05) is 20.2 Å². The number of fused-ring (bicyclic) bond motifs is 3. The lowest BCUT2D eigenvalue weighted by Crippen LogP contribution is -2.29. The van der Waals surface area contributed by atoms with E-state index in [9.17, 15) is 10.0 Å². The molecule has 0 fully saturated rings. The fourth-order valence-electron chi connectivity index (χ4n) is 3.70. The third kappa shape index (κ3) is 2.92. The SMILES string of the molecule is OB(O)c1cccc(-c2ccc(-c3cccc4c3sc3ccccc34)cc2)c1. The summed E-state index contributed by atoms with van der Waals surface area (Å²) >= 11 is 1.83. The standard InChI is InChI=1S/C24H17BO2S/c26-25(27)19-6-3-5-18(15-19)16-11-13-17(14-12-16)20-8-4-9-22-21-7-1-2-10-23(21)28-24(20)22/h1-15,26-27H. The van der Waals surface area contributed by atoms with E-state index < -0.39 is 7.12 Å². The van der Waals surface area contributed by atoms with Crippen LogP contribution < -0.4 is 5.46 Å². The van der Waals surface area contributed by atoms with Gasteiger partial charge in [0.25, 0.3) is 0 Å². The number of hydrogen-bond donors (Lipinski definition) is 2.